The van der Waals surface area contributed by atoms with Crippen LogP contribution in [0.2, 0.25) is 0 Å². The number of guanidine groups is 1. The Hall–Kier alpha value is -2.16. The van der Waals surface area contributed by atoms with E-state index in [9.17, 15) is 0 Å². The average Bonchev–Trinajstić information content (AvgIpc) is 2.69. The highest BCUT2D eigenvalue weighted by atomic mass is 127. The van der Waals surface area contributed by atoms with Crippen LogP contribution in [0.4, 0.5) is 0 Å². The summed E-state index contributed by atoms with van der Waals surface area (Å²) in [6.45, 7) is 5.84. The predicted molar refractivity (Wildman–Crippen MR) is 124 cm³/mol. The Morgan fingerprint density at radius 3 is 2.29 bits per heavy atom. The van der Waals surface area contributed by atoms with Gasteiger partial charge in [-0.05, 0) is 43.2 Å². The number of aliphatic imine (C=N–C) groups is 1. The van der Waals surface area contributed by atoms with Crippen molar-refractivity contribution in [1.82, 2.24) is 10.6 Å². The number of hydrogen-bond donors (Lipinski definition) is 2. The molecule has 0 aliphatic carbocycles. The van der Waals surface area contributed by atoms with Crippen LogP contribution in [-0.4, -0.2) is 33.8 Å². The number of methoxy groups -OCH3 is 2. The van der Waals surface area contributed by atoms with Gasteiger partial charge in [0.15, 0.2) is 17.5 Å². The zero-order chi connectivity index (χ0) is 19.6. The van der Waals surface area contributed by atoms with Gasteiger partial charge in [0.2, 0.25) is 0 Å². The molecule has 0 atom stereocenters. The van der Waals surface area contributed by atoms with Crippen molar-refractivity contribution in [2.45, 2.75) is 26.9 Å². The van der Waals surface area contributed by atoms with Crippen molar-refractivity contribution in [1.29, 1.82) is 0 Å². The van der Waals surface area contributed by atoms with Gasteiger partial charge in [-0.15, -0.1) is 24.0 Å². The molecule has 0 aliphatic rings. The Bertz CT molecular complexity index is 781. The first-order valence-corrected chi connectivity index (χ1v) is 8.99. The maximum atomic E-state index is 5.55. The van der Waals surface area contributed by atoms with E-state index in [0.717, 1.165) is 28.4 Å². The molecule has 2 N–H and O–H groups in total. The molecule has 2 rings (SSSR count). The monoisotopic (exact) mass is 499 g/mol. The Morgan fingerprint density at radius 1 is 0.929 bits per heavy atom. The van der Waals surface area contributed by atoms with Crippen LogP contribution in [0.3, 0.4) is 0 Å². The summed E-state index contributed by atoms with van der Waals surface area (Å²) in [6.07, 6.45) is 0. The van der Waals surface area contributed by atoms with Gasteiger partial charge in [0, 0.05) is 25.7 Å². The van der Waals surface area contributed by atoms with Crippen molar-refractivity contribution in [2.75, 3.05) is 27.9 Å². The lowest BCUT2D eigenvalue weighted by molar-refractivity contribution is 0.310. The smallest absolute Gasteiger partial charge is 0.191 e. The molecule has 0 unspecified atom stereocenters. The van der Waals surface area contributed by atoms with E-state index in [1.165, 1.54) is 5.56 Å². The van der Waals surface area contributed by atoms with E-state index in [0.29, 0.717) is 25.7 Å². The topological polar surface area (TPSA) is 64.1 Å². The third-order valence-corrected chi connectivity index (χ3v) is 4.10. The maximum absolute atomic E-state index is 5.55. The summed E-state index contributed by atoms with van der Waals surface area (Å²) in [6, 6.07) is 12.1. The lowest BCUT2D eigenvalue weighted by Crippen LogP contribution is -2.36. The molecule has 0 heterocycles. The Kier molecular flexibility index (Phi) is 10.5. The number of aryl methyl sites for hydroxylation is 1. The SMILES string of the molecule is CCOc1ccc(CNC(=NC)NCc2ccc(C)cc2OC)cc1OC.I. The van der Waals surface area contributed by atoms with Gasteiger partial charge in [-0.3, -0.25) is 4.99 Å². The van der Waals surface area contributed by atoms with E-state index >= 15 is 0 Å². The van der Waals surface area contributed by atoms with E-state index in [1.807, 2.05) is 38.1 Å². The number of benzene rings is 2. The van der Waals surface area contributed by atoms with E-state index in [1.54, 1.807) is 21.3 Å². The number of ether oxygens (including phenoxy) is 3. The number of nitrogens with one attached hydrogen (secondary N) is 2. The highest BCUT2D eigenvalue weighted by Crippen LogP contribution is 2.28. The van der Waals surface area contributed by atoms with Crippen molar-refractivity contribution in [3.63, 3.8) is 0 Å². The molecule has 0 bridgehead atoms. The molecule has 7 heteroatoms. The van der Waals surface area contributed by atoms with Crippen molar-refractivity contribution in [3.05, 3.63) is 53.1 Å². The van der Waals surface area contributed by atoms with Crippen LogP contribution in [0.15, 0.2) is 41.4 Å². The van der Waals surface area contributed by atoms with E-state index in [-0.39, 0.29) is 24.0 Å². The third kappa shape index (κ3) is 6.78. The van der Waals surface area contributed by atoms with Crippen LogP contribution in [0.1, 0.15) is 23.6 Å². The minimum absolute atomic E-state index is 0. The van der Waals surface area contributed by atoms with Gasteiger partial charge < -0.3 is 24.8 Å². The molecule has 0 aliphatic heterocycles. The number of nitrogens with zero attached hydrogens (tertiary/aromatic N) is 1. The average molecular weight is 499 g/mol. The lowest BCUT2D eigenvalue weighted by Gasteiger charge is -2.15. The van der Waals surface area contributed by atoms with E-state index < -0.39 is 0 Å². The maximum Gasteiger partial charge on any atom is 0.191 e. The minimum atomic E-state index is 0. The Labute approximate surface area is 184 Å². The standard InChI is InChI=1S/C21H29N3O3.HI/c1-6-27-18-10-8-16(12-20(18)26-5)13-23-21(22-3)24-14-17-9-7-15(2)11-19(17)25-4;/h7-12H,6,13-14H2,1-5H3,(H2,22,23,24);1H. The van der Waals surface area contributed by atoms with Gasteiger partial charge in [0.05, 0.1) is 20.8 Å². The van der Waals surface area contributed by atoms with E-state index in [2.05, 4.69) is 27.8 Å². The van der Waals surface area contributed by atoms with Gasteiger partial charge in [-0.2, -0.15) is 0 Å². The molecule has 0 saturated heterocycles. The van der Waals surface area contributed by atoms with Crippen LogP contribution >= 0.6 is 24.0 Å². The number of halogens is 1. The molecule has 28 heavy (non-hydrogen) atoms. The minimum Gasteiger partial charge on any atom is -0.496 e. The molecule has 154 valence electrons. The molecule has 0 spiro atoms. The molecule has 2 aromatic carbocycles. The fourth-order valence-corrected chi connectivity index (χ4v) is 2.68. The largest absolute Gasteiger partial charge is 0.496 e. The van der Waals surface area contributed by atoms with Gasteiger partial charge >= 0.3 is 0 Å². The van der Waals surface area contributed by atoms with Crippen LogP contribution < -0.4 is 24.8 Å². The highest BCUT2D eigenvalue weighted by molar-refractivity contribution is 14.0. The van der Waals surface area contributed by atoms with Crippen molar-refractivity contribution < 1.29 is 14.2 Å². The first-order valence-electron chi connectivity index (χ1n) is 8.99. The first kappa shape index (κ1) is 23.9. The molecule has 0 radical (unpaired) electrons. The van der Waals surface area contributed by atoms with Crippen LogP contribution in [0.5, 0.6) is 17.2 Å². The quantitative estimate of drug-likeness (QED) is 0.328. The molecule has 0 fully saturated rings. The molecule has 6 nitrogen and oxygen atoms in total. The fourth-order valence-electron chi connectivity index (χ4n) is 2.68. The second-order valence-corrected chi connectivity index (χ2v) is 6.01. The van der Waals surface area contributed by atoms with Crippen LogP contribution in [0.25, 0.3) is 0 Å². The first-order chi connectivity index (χ1) is 13.1. The molecular weight excluding hydrogens is 469 g/mol. The molecule has 0 aromatic heterocycles. The number of rotatable bonds is 8. The summed E-state index contributed by atoms with van der Waals surface area (Å²) in [4.78, 5) is 4.28. The zero-order valence-electron chi connectivity index (χ0n) is 17.2. The molecule has 2 aromatic rings. The van der Waals surface area contributed by atoms with Crippen LogP contribution in [0, 0.1) is 6.92 Å². The predicted octanol–water partition coefficient (Wildman–Crippen LogP) is 3.89. The normalized spacial score (nSPS) is 10.7. The van der Waals surface area contributed by atoms with Crippen molar-refractivity contribution in [3.8, 4) is 17.2 Å². The molecule has 0 saturated carbocycles. The zero-order valence-corrected chi connectivity index (χ0v) is 19.5. The summed E-state index contributed by atoms with van der Waals surface area (Å²) in [5.74, 6) is 3.06. The van der Waals surface area contributed by atoms with Crippen molar-refractivity contribution >= 4 is 29.9 Å². The van der Waals surface area contributed by atoms with Gasteiger partial charge in [-0.1, -0.05) is 18.2 Å². The molecular formula is C21H30IN3O3. The fraction of sp³-hybridized carbons (Fsp3) is 0.381. The van der Waals surface area contributed by atoms with Crippen LogP contribution in [-0.2, 0) is 13.1 Å². The summed E-state index contributed by atoms with van der Waals surface area (Å²) in [7, 11) is 5.08. The van der Waals surface area contributed by atoms with Crippen molar-refractivity contribution in [2.24, 2.45) is 4.99 Å². The van der Waals surface area contributed by atoms with Gasteiger partial charge in [0.25, 0.3) is 0 Å². The Balaban J connectivity index is 0.00000392. The van der Waals surface area contributed by atoms with Gasteiger partial charge in [0.1, 0.15) is 5.75 Å². The summed E-state index contributed by atoms with van der Waals surface area (Å²) < 4.78 is 16.4. The second-order valence-electron chi connectivity index (χ2n) is 6.01. The summed E-state index contributed by atoms with van der Waals surface area (Å²) in [5.41, 5.74) is 3.32. The lowest BCUT2D eigenvalue weighted by atomic mass is 10.1. The molecule has 0 amide bonds. The van der Waals surface area contributed by atoms with Gasteiger partial charge in [-0.25, -0.2) is 0 Å². The van der Waals surface area contributed by atoms with E-state index in [4.69, 9.17) is 14.2 Å². The second kappa shape index (κ2) is 12.3. The summed E-state index contributed by atoms with van der Waals surface area (Å²) in [5, 5.41) is 6.62. The Morgan fingerprint density at radius 2 is 1.64 bits per heavy atom. The number of hydrogen-bond acceptors (Lipinski definition) is 4. The highest BCUT2D eigenvalue weighted by Gasteiger charge is 2.07. The summed E-state index contributed by atoms with van der Waals surface area (Å²) >= 11 is 0. The third-order valence-electron chi connectivity index (χ3n) is 4.10.